The monoisotopic (exact) mass is 242 g/mol. The molecule has 68 valence electrons. The Hall–Kier alpha value is -1.03. The van der Waals surface area contributed by atoms with Gasteiger partial charge >= 0.3 is 5.97 Å². The van der Waals surface area contributed by atoms with Gasteiger partial charge in [-0.3, -0.25) is 0 Å². The van der Waals surface area contributed by atoms with Crippen LogP contribution in [0, 0.1) is 0 Å². The van der Waals surface area contributed by atoms with Gasteiger partial charge in [0.05, 0.1) is 17.1 Å². The third-order valence-corrected chi connectivity index (χ3v) is 2.58. The molecular weight excluding hydrogens is 236 g/mol. The first-order chi connectivity index (χ1) is 6.22. The summed E-state index contributed by atoms with van der Waals surface area (Å²) in [6.45, 7) is 0.345. The van der Waals surface area contributed by atoms with Gasteiger partial charge in [-0.15, -0.1) is 0 Å². The van der Waals surface area contributed by atoms with Crippen LogP contribution >= 0.6 is 15.9 Å². The normalized spacial score (nSPS) is 13.8. The lowest BCUT2D eigenvalue weighted by Gasteiger charge is -2.03. The van der Waals surface area contributed by atoms with Gasteiger partial charge in [-0.2, -0.15) is 0 Å². The van der Waals surface area contributed by atoms with E-state index < -0.39 is 0 Å². The number of methoxy groups -OCH3 is 1. The molecule has 3 nitrogen and oxygen atoms in total. The number of halogens is 1. The minimum Gasteiger partial charge on any atom is -0.496 e. The summed E-state index contributed by atoms with van der Waals surface area (Å²) in [5.74, 6) is 0.454. The van der Waals surface area contributed by atoms with E-state index in [-0.39, 0.29) is 5.97 Å². The number of esters is 1. The first-order valence-corrected chi connectivity index (χ1v) is 4.55. The highest BCUT2D eigenvalue weighted by atomic mass is 79.9. The van der Waals surface area contributed by atoms with Crippen molar-refractivity contribution in [2.75, 3.05) is 7.11 Å². The summed E-state index contributed by atoms with van der Waals surface area (Å²) in [5, 5.41) is 0. The van der Waals surface area contributed by atoms with E-state index in [0.29, 0.717) is 12.2 Å². The third-order valence-electron chi connectivity index (χ3n) is 1.96. The van der Waals surface area contributed by atoms with Crippen LogP contribution in [0.3, 0.4) is 0 Å². The maximum absolute atomic E-state index is 11.1. The second kappa shape index (κ2) is 3.03. The highest BCUT2D eigenvalue weighted by Gasteiger charge is 2.22. The van der Waals surface area contributed by atoms with E-state index in [1.165, 1.54) is 0 Å². The minimum atomic E-state index is -0.265. The van der Waals surface area contributed by atoms with Crippen molar-refractivity contribution in [1.82, 2.24) is 0 Å². The molecule has 0 spiro atoms. The largest absolute Gasteiger partial charge is 0.496 e. The van der Waals surface area contributed by atoms with Crippen molar-refractivity contribution in [2.45, 2.75) is 6.61 Å². The van der Waals surface area contributed by atoms with Crippen molar-refractivity contribution in [1.29, 1.82) is 0 Å². The average molecular weight is 243 g/mol. The van der Waals surface area contributed by atoms with Gasteiger partial charge in [-0.1, -0.05) is 0 Å². The first kappa shape index (κ1) is 8.56. The van der Waals surface area contributed by atoms with E-state index in [9.17, 15) is 4.79 Å². The molecule has 0 aromatic heterocycles. The quantitative estimate of drug-likeness (QED) is 0.708. The topological polar surface area (TPSA) is 35.5 Å². The van der Waals surface area contributed by atoms with Crippen LogP contribution < -0.4 is 4.74 Å². The van der Waals surface area contributed by atoms with Crippen molar-refractivity contribution >= 4 is 21.9 Å². The predicted octanol–water partition coefficient (Wildman–Crippen LogP) is 2.13. The maximum atomic E-state index is 11.1. The Morgan fingerprint density at radius 2 is 2.31 bits per heavy atom. The van der Waals surface area contributed by atoms with Gasteiger partial charge in [0.2, 0.25) is 0 Å². The van der Waals surface area contributed by atoms with Crippen LogP contribution in [0.25, 0.3) is 0 Å². The van der Waals surface area contributed by atoms with Crippen molar-refractivity contribution in [2.24, 2.45) is 0 Å². The molecular formula is C9H7BrO3. The fourth-order valence-electron chi connectivity index (χ4n) is 1.28. The molecule has 0 bridgehead atoms. The van der Waals surface area contributed by atoms with Crippen molar-refractivity contribution in [3.8, 4) is 5.75 Å². The number of benzene rings is 1. The molecule has 1 aromatic carbocycles. The molecule has 1 aliphatic heterocycles. The summed E-state index contributed by atoms with van der Waals surface area (Å²) < 4.78 is 10.7. The lowest BCUT2D eigenvalue weighted by atomic mass is 10.1. The van der Waals surface area contributed by atoms with E-state index in [1.807, 2.05) is 6.07 Å². The fourth-order valence-corrected chi connectivity index (χ4v) is 1.79. The number of carbonyl (C=O) groups is 1. The Morgan fingerprint density at radius 1 is 1.54 bits per heavy atom. The van der Waals surface area contributed by atoms with Crippen molar-refractivity contribution in [3.63, 3.8) is 0 Å². The van der Waals surface area contributed by atoms with Crippen molar-refractivity contribution < 1.29 is 14.3 Å². The molecule has 13 heavy (non-hydrogen) atoms. The van der Waals surface area contributed by atoms with Crippen LogP contribution in [0.2, 0.25) is 0 Å². The molecule has 4 heteroatoms. The number of hydrogen-bond acceptors (Lipinski definition) is 3. The standard InChI is InChI=1S/C9H7BrO3/c1-12-8-2-5-4-13-9(11)6(5)3-7(8)10/h2-3H,4H2,1H3. The molecule has 1 aliphatic rings. The molecule has 2 rings (SSSR count). The molecule has 1 aromatic rings. The SMILES string of the molecule is COc1cc2c(cc1Br)C(=O)OC2. The van der Waals surface area contributed by atoms with E-state index in [0.717, 1.165) is 15.8 Å². The Morgan fingerprint density at radius 3 is 3.00 bits per heavy atom. The fraction of sp³-hybridized carbons (Fsp3) is 0.222. The molecule has 0 atom stereocenters. The Labute approximate surface area is 83.8 Å². The van der Waals surface area contributed by atoms with Crippen molar-refractivity contribution in [3.05, 3.63) is 27.7 Å². The van der Waals surface area contributed by atoms with E-state index in [2.05, 4.69) is 15.9 Å². The number of cyclic esters (lactones) is 1. The Balaban J connectivity index is 2.56. The van der Waals surface area contributed by atoms with Gasteiger partial charge in [0.15, 0.2) is 0 Å². The number of carbonyl (C=O) groups excluding carboxylic acids is 1. The van der Waals surface area contributed by atoms with Crippen LogP contribution in [-0.4, -0.2) is 13.1 Å². The van der Waals surface area contributed by atoms with E-state index >= 15 is 0 Å². The predicted molar refractivity (Wildman–Crippen MR) is 49.8 cm³/mol. The van der Waals surface area contributed by atoms with Gasteiger partial charge in [0.25, 0.3) is 0 Å². The Kier molecular flexibility index (Phi) is 2.00. The van der Waals surface area contributed by atoms with Gasteiger partial charge < -0.3 is 9.47 Å². The molecule has 1 heterocycles. The smallest absolute Gasteiger partial charge is 0.338 e. The molecule has 0 fully saturated rings. The molecule has 0 unspecified atom stereocenters. The molecule has 0 radical (unpaired) electrons. The molecule has 0 aliphatic carbocycles. The number of hydrogen-bond donors (Lipinski definition) is 0. The lowest BCUT2D eigenvalue weighted by Crippen LogP contribution is -1.94. The summed E-state index contributed by atoms with van der Waals surface area (Å²) in [7, 11) is 1.59. The van der Waals surface area contributed by atoms with E-state index in [1.54, 1.807) is 13.2 Å². The minimum absolute atomic E-state index is 0.265. The molecule has 0 saturated heterocycles. The zero-order chi connectivity index (χ0) is 9.42. The van der Waals surface area contributed by atoms with Gasteiger partial charge in [-0.05, 0) is 28.1 Å². The van der Waals surface area contributed by atoms with Crippen LogP contribution in [-0.2, 0) is 11.3 Å². The second-order valence-corrected chi connectivity index (χ2v) is 3.57. The number of ether oxygens (including phenoxy) is 2. The first-order valence-electron chi connectivity index (χ1n) is 3.76. The summed E-state index contributed by atoms with van der Waals surface area (Å²) in [5.41, 5.74) is 1.50. The summed E-state index contributed by atoms with van der Waals surface area (Å²) in [4.78, 5) is 11.1. The van der Waals surface area contributed by atoms with Crippen LogP contribution in [0.5, 0.6) is 5.75 Å². The molecule has 0 N–H and O–H groups in total. The molecule has 0 amide bonds. The summed E-state index contributed by atoms with van der Waals surface area (Å²) in [6.07, 6.45) is 0. The zero-order valence-corrected chi connectivity index (χ0v) is 8.55. The van der Waals surface area contributed by atoms with Crippen LogP contribution in [0.1, 0.15) is 15.9 Å². The Bertz CT molecular complexity index is 373. The van der Waals surface area contributed by atoms with E-state index in [4.69, 9.17) is 9.47 Å². The maximum Gasteiger partial charge on any atom is 0.338 e. The van der Waals surface area contributed by atoms with Gasteiger partial charge in [-0.25, -0.2) is 4.79 Å². The highest BCUT2D eigenvalue weighted by Crippen LogP contribution is 2.31. The second-order valence-electron chi connectivity index (χ2n) is 2.72. The highest BCUT2D eigenvalue weighted by molar-refractivity contribution is 9.10. The average Bonchev–Trinajstić information content (AvgIpc) is 2.47. The number of rotatable bonds is 1. The van der Waals surface area contributed by atoms with Gasteiger partial charge in [0.1, 0.15) is 12.4 Å². The van der Waals surface area contributed by atoms with Crippen LogP contribution in [0.4, 0.5) is 0 Å². The lowest BCUT2D eigenvalue weighted by molar-refractivity contribution is 0.0535. The zero-order valence-electron chi connectivity index (χ0n) is 6.96. The molecule has 0 saturated carbocycles. The van der Waals surface area contributed by atoms with Crippen LogP contribution in [0.15, 0.2) is 16.6 Å². The third kappa shape index (κ3) is 1.31. The van der Waals surface area contributed by atoms with Gasteiger partial charge in [0, 0.05) is 5.56 Å². The number of fused-ring (bicyclic) bond motifs is 1. The summed E-state index contributed by atoms with van der Waals surface area (Å²) >= 11 is 3.30. The summed E-state index contributed by atoms with van der Waals surface area (Å²) in [6, 6.07) is 3.54.